The summed E-state index contributed by atoms with van der Waals surface area (Å²) in [5, 5.41) is 6.96. The summed E-state index contributed by atoms with van der Waals surface area (Å²) in [5.74, 6) is 1.35. The molecule has 1 amide bonds. The Kier molecular flexibility index (Phi) is 4.76. The highest BCUT2D eigenvalue weighted by Gasteiger charge is 2.24. The van der Waals surface area contributed by atoms with Crippen molar-refractivity contribution < 1.29 is 14.1 Å². The maximum Gasteiger partial charge on any atom is 0.234 e. The molecule has 1 N–H and O–H groups in total. The number of ketones is 1. The highest BCUT2D eigenvalue weighted by molar-refractivity contribution is 5.99. The first-order valence-electron chi connectivity index (χ1n) is 8.49. The predicted molar refractivity (Wildman–Crippen MR) is 93.0 cm³/mol. The van der Waals surface area contributed by atoms with E-state index in [4.69, 9.17) is 4.52 Å². The van der Waals surface area contributed by atoms with Crippen molar-refractivity contribution in [3.63, 3.8) is 0 Å². The van der Waals surface area contributed by atoms with Crippen molar-refractivity contribution >= 4 is 11.7 Å². The standard InChI is InChI=1S/C18H24N4O3/c1-11-7-15(13(3)22(11)17-8-12(2)25-20-17)16(23)9-21(4)10-18(24)19-14-5-6-14/h7-8,14H,5-6,9-10H2,1-4H3,(H,19,24). The minimum atomic E-state index is -0.0265. The number of Topliss-reactive ketones (excluding diaryl/α,β-unsaturated/α-hetero) is 1. The van der Waals surface area contributed by atoms with Gasteiger partial charge < -0.3 is 9.84 Å². The van der Waals surface area contributed by atoms with Gasteiger partial charge in [0.25, 0.3) is 0 Å². The second-order valence-corrected chi connectivity index (χ2v) is 6.85. The lowest BCUT2D eigenvalue weighted by molar-refractivity contribution is -0.121. The van der Waals surface area contributed by atoms with Crippen LogP contribution in [0.3, 0.4) is 0 Å². The Morgan fingerprint density at radius 2 is 2.00 bits per heavy atom. The van der Waals surface area contributed by atoms with E-state index in [-0.39, 0.29) is 24.8 Å². The Labute approximate surface area is 147 Å². The molecule has 0 aliphatic heterocycles. The van der Waals surface area contributed by atoms with E-state index in [0.717, 1.165) is 30.0 Å². The zero-order valence-corrected chi connectivity index (χ0v) is 15.1. The van der Waals surface area contributed by atoms with Crippen molar-refractivity contribution in [1.29, 1.82) is 0 Å². The van der Waals surface area contributed by atoms with Gasteiger partial charge in [0.1, 0.15) is 5.76 Å². The highest BCUT2D eigenvalue weighted by atomic mass is 16.5. The molecule has 25 heavy (non-hydrogen) atoms. The highest BCUT2D eigenvalue weighted by Crippen LogP contribution is 2.21. The van der Waals surface area contributed by atoms with E-state index in [2.05, 4.69) is 10.5 Å². The van der Waals surface area contributed by atoms with Gasteiger partial charge in [0.15, 0.2) is 11.6 Å². The molecular weight excluding hydrogens is 320 g/mol. The molecule has 1 aliphatic carbocycles. The third-order valence-electron chi connectivity index (χ3n) is 4.35. The lowest BCUT2D eigenvalue weighted by Gasteiger charge is -2.15. The summed E-state index contributed by atoms with van der Waals surface area (Å²) in [4.78, 5) is 26.3. The Hall–Kier alpha value is -2.41. The maximum atomic E-state index is 12.7. The van der Waals surface area contributed by atoms with Crippen LogP contribution in [0.15, 0.2) is 16.7 Å². The molecule has 0 unspecified atom stereocenters. The van der Waals surface area contributed by atoms with E-state index in [1.807, 2.05) is 37.5 Å². The summed E-state index contributed by atoms with van der Waals surface area (Å²) in [6.45, 7) is 6.08. The maximum absolute atomic E-state index is 12.7. The van der Waals surface area contributed by atoms with Crippen LogP contribution >= 0.6 is 0 Å². The third kappa shape index (κ3) is 3.99. The summed E-state index contributed by atoms with van der Waals surface area (Å²) in [6.07, 6.45) is 2.11. The summed E-state index contributed by atoms with van der Waals surface area (Å²) in [5.41, 5.74) is 2.39. The molecule has 7 nitrogen and oxygen atoms in total. The number of nitrogens with zero attached hydrogens (tertiary/aromatic N) is 3. The molecule has 2 heterocycles. The van der Waals surface area contributed by atoms with Crippen LogP contribution < -0.4 is 5.32 Å². The molecule has 0 saturated heterocycles. The van der Waals surface area contributed by atoms with Crippen LogP contribution in [0.5, 0.6) is 0 Å². The molecular formula is C18H24N4O3. The number of hydrogen-bond donors (Lipinski definition) is 1. The van der Waals surface area contributed by atoms with Crippen LogP contribution in [0.1, 0.15) is 40.3 Å². The van der Waals surface area contributed by atoms with Gasteiger partial charge in [-0.3, -0.25) is 19.1 Å². The second-order valence-electron chi connectivity index (χ2n) is 6.85. The lowest BCUT2D eigenvalue weighted by atomic mass is 10.1. The van der Waals surface area contributed by atoms with E-state index in [1.54, 1.807) is 11.9 Å². The van der Waals surface area contributed by atoms with Crippen molar-refractivity contribution in [2.75, 3.05) is 20.1 Å². The zero-order valence-electron chi connectivity index (χ0n) is 15.1. The molecule has 1 aliphatic rings. The quantitative estimate of drug-likeness (QED) is 0.775. The van der Waals surface area contributed by atoms with E-state index < -0.39 is 0 Å². The molecule has 1 fully saturated rings. The average Bonchev–Trinajstić information content (AvgIpc) is 3.14. The van der Waals surface area contributed by atoms with Crippen molar-refractivity contribution in [1.82, 2.24) is 19.9 Å². The molecule has 0 aromatic carbocycles. The van der Waals surface area contributed by atoms with Gasteiger partial charge >= 0.3 is 0 Å². The van der Waals surface area contributed by atoms with Crippen molar-refractivity contribution in [2.24, 2.45) is 0 Å². The summed E-state index contributed by atoms with van der Waals surface area (Å²) in [6, 6.07) is 4.03. The largest absolute Gasteiger partial charge is 0.360 e. The second kappa shape index (κ2) is 6.84. The zero-order chi connectivity index (χ0) is 18.1. The number of aryl methyl sites for hydroxylation is 2. The molecule has 0 radical (unpaired) electrons. The molecule has 2 aromatic heterocycles. The first-order chi connectivity index (χ1) is 11.8. The topological polar surface area (TPSA) is 80.4 Å². The molecule has 3 rings (SSSR count). The van der Waals surface area contributed by atoms with Crippen molar-refractivity contribution in [3.05, 3.63) is 34.8 Å². The smallest absolute Gasteiger partial charge is 0.234 e. The minimum Gasteiger partial charge on any atom is -0.360 e. The molecule has 0 bridgehead atoms. The van der Waals surface area contributed by atoms with Crippen LogP contribution in [0.25, 0.3) is 5.82 Å². The van der Waals surface area contributed by atoms with Crippen LogP contribution in [0, 0.1) is 20.8 Å². The number of amides is 1. The van der Waals surface area contributed by atoms with Gasteiger partial charge in [0.05, 0.1) is 13.1 Å². The lowest BCUT2D eigenvalue weighted by Crippen LogP contribution is -2.38. The first kappa shape index (κ1) is 17.4. The fraction of sp³-hybridized carbons (Fsp3) is 0.500. The van der Waals surface area contributed by atoms with Crippen molar-refractivity contribution in [2.45, 2.75) is 39.7 Å². The van der Waals surface area contributed by atoms with Crippen LogP contribution in [-0.2, 0) is 4.79 Å². The molecule has 0 spiro atoms. The van der Waals surface area contributed by atoms with Gasteiger partial charge in [-0.15, -0.1) is 0 Å². The van der Waals surface area contributed by atoms with E-state index >= 15 is 0 Å². The Morgan fingerprint density at radius 1 is 1.28 bits per heavy atom. The van der Waals surface area contributed by atoms with Gasteiger partial charge in [-0.05, 0) is 46.7 Å². The molecule has 0 atom stereocenters. The van der Waals surface area contributed by atoms with Gasteiger partial charge in [-0.1, -0.05) is 5.16 Å². The van der Waals surface area contributed by atoms with Gasteiger partial charge in [0, 0.05) is 29.1 Å². The summed E-state index contributed by atoms with van der Waals surface area (Å²) in [7, 11) is 1.78. The number of rotatable bonds is 7. The predicted octanol–water partition coefficient (Wildman–Crippen LogP) is 1.78. The van der Waals surface area contributed by atoms with Crippen LogP contribution in [0.2, 0.25) is 0 Å². The number of likely N-dealkylation sites (N-methyl/N-ethyl adjacent to an activating group) is 1. The molecule has 2 aromatic rings. The Balaban J connectivity index is 1.68. The minimum absolute atomic E-state index is 0.0127. The molecule has 7 heteroatoms. The third-order valence-corrected chi connectivity index (χ3v) is 4.35. The van der Waals surface area contributed by atoms with E-state index in [0.29, 0.717) is 17.4 Å². The normalized spacial score (nSPS) is 14.1. The SMILES string of the molecule is Cc1cc(-n2c(C)cc(C(=O)CN(C)CC(=O)NC3CC3)c2C)no1. The van der Waals surface area contributed by atoms with Crippen LogP contribution in [-0.4, -0.2) is 52.5 Å². The summed E-state index contributed by atoms with van der Waals surface area (Å²) < 4.78 is 7.04. The van der Waals surface area contributed by atoms with Crippen LogP contribution in [0.4, 0.5) is 0 Å². The van der Waals surface area contributed by atoms with E-state index in [9.17, 15) is 9.59 Å². The van der Waals surface area contributed by atoms with Gasteiger partial charge in [-0.25, -0.2) is 0 Å². The van der Waals surface area contributed by atoms with Gasteiger partial charge in [0.2, 0.25) is 5.91 Å². The first-order valence-corrected chi connectivity index (χ1v) is 8.49. The number of carbonyl (C=O) groups excluding carboxylic acids is 2. The fourth-order valence-corrected chi connectivity index (χ4v) is 2.99. The summed E-state index contributed by atoms with van der Waals surface area (Å²) >= 11 is 0. The molecule has 1 saturated carbocycles. The number of hydrogen-bond acceptors (Lipinski definition) is 5. The van der Waals surface area contributed by atoms with Crippen molar-refractivity contribution in [3.8, 4) is 5.82 Å². The Bertz CT molecular complexity index is 801. The number of nitrogens with one attached hydrogen (secondary N) is 1. The number of aromatic nitrogens is 2. The van der Waals surface area contributed by atoms with E-state index in [1.165, 1.54) is 0 Å². The Morgan fingerprint density at radius 3 is 2.60 bits per heavy atom. The fourth-order valence-electron chi connectivity index (χ4n) is 2.99. The average molecular weight is 344 g/mol. The molecule has 134 valence electrons. The van der Waals surface area contributed by atoms with Gasteiger partial charge in [-0.2, -0.15) is 0 Å². The monoisotopic (exact) mass is 344 g/mol. The number of carbonyl (C=O) groups is 2.